The first-order valence-corrected chi connectivity index (χ1v) is 9.45. The first-order valence-electron chi connectivity index (χ1n) is 8.57. The summed E-state index contributed by atoms with van der Waals surface area (Å²) in [6.07, 6.45) is 3.40. The summed E-state index contributed by atoms with van der Waals surface area (Å²) in [5.74, 6) is 0. The summed E-state index contributed by atoms with van der Waals surface area (Å²) in [5, 5.41) is 5.81. The lowest BCUT2D eigenvalue weighted by molar-refractivity contribution is 0.0192. The zero-order valence-electron chi connectivity index (χ0n) is 15.0. The van der Waals surface area contributed by atoms with Crippen molar-refractivity contribution in [1.29, 1.82) is 0 Å². The molecular formula is C18H30N2O2S. The van der Waals surface area contributed by atoms with Crippen LogP contribution in [0.1, 0.15) is 63.9 Å². The molecule has 2 rings (SSSR count). The minimum absolute atomic E-state index is 0.134. The molecule has 1 atom stereocenters. The Labute approximate surface area is 144 Å². The topological polar surface area (TPSA) is 41.6 Å². The van der Waals surface area contributed by atoms with Crippen LogP contribution in [0.2, 0.25) is 0 Å². The maximum absolute atomic E-state index is 12.3. The number of nitrogens with zero attached hydrogens (tertiary/aromatic N) is 1. The Morgan fingerprint density at radius 3 is 2.87 bits per heavy atom. The molecule has 1 unspecified atom stereocenters. The molecule has 4 nitrogen and oxygen atoms in total. The highest BCUT2D eigenvalue weighted by atomic mass is 32.1. The van der Waals surface area contributed by atoms with Gasteiger partial charge in [0.25, 0.3) is 0 Å². The Balaban J connectivity index is 1.87. The maximum atomic E-state index is 12.3. The fourth-order valence-corrected chi connectivity index (χ4v) is 3.93. The number of nitrogens with one attached hydrogen (secondary N) is 1. The van der Waals surface area contributed by atoms with Crippen molar-refractivity contribution >= 4 is 17.4 Å². The van der Waals surface area contributed by atoms with E-state index in [2.05, 4.69) is 16.8 Å². The molecule has 1 heterocycles. The lowest BCUT2D eigenvalue weighted by Crippen LogP contribution is -2.44. The van der Waals surface area contributed by atoms with E-state index in [0.29, 0.717) is 12.6 Å². The third kappa shape index (κ3) is 5.21. The average molecular weight is 339 g/mol. The molecule has 0 aliphatic heterocycles. The highest BCUT2D eigenvalue weighted by molar-refractivity contribution is 7.10. The summed E-state index contributed by atoms with van der Waals surface area (Å²) in [6, 6.07) is 2.80. The molecule has 0 saturated carbocycles. The molecule has 23 heavy (non-hydrogen) atoms. The molecule has 130 valence electrons. The second-order valence-corrected chi connectivity index (χ2v) is 8.47. The maximum Gasteiger partial charge on any atom is 0.410 e. The van der Waals surface area contributed by atoms with Crippen LogP contribution < -0.4 is 5.32 Å². The van der Waals surface area contributed by atoms with Crippen LogP contribution >= 0.6 is 11.3 Å². The van der Waals surface area contributed by atoms with E-state index in [1.807, 2.05) is 46.0 Å². The van der Waals surface area contributed by atoms with Gasteiger partial charge < -0.3 is 15.0 Å². The van der Waals surface area contributed by atoms with E-state index in [9.17, 15) is 4.79 Å². The molecule has 5 heteroatoms. The van der Waals surface area contributed by atoms with Gasteiger partial charge in [0.15, 0.2) is 0 Å². The SMILES string of the molecule is CC(C)N(CCNC1CCCc2sccc21)C(=O)OC(C)(C)C. The summed E-state index contributed by atoms with van der Waals surface area (Å²) in [5.41, 5.74) is 1.00. The normalized spacial score (nSPS) is 17.9. The van der Waals surface area contributed by atoms with Crippen molar-refractivity contribution in [2.45, 2.75) is 71.6 Å². The van der Waals surface area contributed by atoms with E-state index in [-0.39, 0.29) is 12.1 Å². The third-order valence-electron chi connectivity index (χ3n) is 4.05. The number of hydrogen-bond donors (Lipinski definition) is 1. The second kappa shape index (κ2) is 7.67. The lowest BCUT2D eigenvalue weighted by atomic mass is 9.94. The molecule has 0 fully saturated rings. The molecule has 0 saturated heterocycles. The first kappa shape index (κ1) is 18.3. The monoisotopic (exact) mass is 338 g/mol. The fraction of sp³-hybridized carbons (Fsp3) is 0.722. The molecule has 0 aromatic carbocycles. The Morgan fingerprint density at radius 1 is 1.48 bits per heavy atom. The summed E-state index contributed by atoms with van der Waals surface area (Å²) in [4.78, 5) is 15.6. The molecule has 1 N–H and O–H groups in total. The van der Waals surface area contributed by atoms with Gasteiger partial charge in [0, 0.05) is 30.1 Å². The number of fused-ring (bicyclic) bond motifs is 1. The fourth-order valence-electron chi connectivity index (χ4n) is 2.94. The first-order chi connectivity index (χ1) is 10.8. The van der Waals surface area contributed by atoms with Crippen LogP contribution in [-0.4, -0.2) is 35.7 Å². The van der Waals surface area contributed by atoms with Crippen molar-refractivity contribution in [3.8, 4) is 0 Å². The van der Waals surface area contributed by atoms with E-state index >= 15 is 0 Å². The van der Waals surface area contributed by atoms with E-state index in [0.717, 1.165) is 6.54 Å². The van der Waals surface area contributed by atoms with Crippen molar-refractivity contribution in [2.75, 3.05) is 13.1 Å². The smallest absolute Gasteiger partial charge is 0.410 e. The summed E-state index contributed by atoms with van der Waals surface area (Å²) in [7, 11) is 0. The van der Waals surface area contributed by atoms with Gasteiger partial charge >= 0.3 is 6.09 Å². The van der Waals surface area contributed by atoms with Crippen LogP contribution in [0, 0.1) is 0 Å². The van der Waals surface area contributed by atoms with Gasteiger partial charge in [0.05, 0.1) is 0 Å². The number of carbonyl (C=O) groups excluding carboxylic acids is 1. The molecule has 0 bridgehead atoms. The molecular weight excluding hydrogens is 308 g/mol. The second-order valence-electron chi connectivity index (χ2n) is 7.47. The predicted octanol–water partition coefficient (Wildman–Crippen LogP) is 4.36. The van der Waals surface area contributed by atoms with Crippen molar-refractivity contribution in [3.05, 3.63) is 21.9 Å². The molecule has 0 radical (unpaired) electrons. The Morgan fingerprint density at radius 2 is 2.22 bits per heavy atom. The van der Waals surface area contributed by atoms with Gasteiger partial charge in [-0.1, -0.05) is 0 Å². The van der Waals surface area contributed by atoms with Crippen molar-refractivity contribution in [1.82, 2.24) is 10.2 Å². The van der Waals surface area contributed by atoms with Crippen LogP contribution in [0.5, 0.6) is 0 Å². The van der Waals surface area contributed by atoms with Crippen LogP contribution in [0.25, 0.3) is 0 Å². The van der Waals surface area contributed by atoms with E-state index in [1.54, 1.807) is 4.90 Å². The Hall–Kier alpha value is -1.07. The third-order valence-corrected chi connectivity index (χ3v) is 5.04. The minimum atomic E-state index is -0.452. The van der Waals surface area contributed by atoms with Crippen molar-refractivity contribution in [2.24, 2.45) is 0 Å². The van der Waals surface area contributed by atoms with Gasteiger partial charge in [-0.3, -0.25) is 0 Å². The van der Waals surface area contributed by atoms with Crippen LogP contribution in [0.4, 0.5) is 4.79 Å². The molecule has 1 aliphatic rings. The van der Waals surface area contributed by atoms with Gasteiger partial charge in [-0.2, -0.15) is 0 Å². The van der Waals surface area contributed by atoms with Crippen molar-refractivity contribution in [3.63, 3.8) is 0 Å². The van der Waals surface area contributed by atoms with Gasteiger partial charge in [-0.05, 0) is 70.9 Å². The number of hydrogen-bond acceptors (Lipinski definition) is 4. The Bertz CT molecular complexity index is 519. The number of aryl methyl sites for hydroxylation is 1. The molecule has 1 aliphatic carbocycles. The van der Waals surface area contributed by atoms with E-state index in [1.165, 1.54) is 29.7 Å². The van der Waals surface area contributed by atoms with Crippen LogP contribution in [0.15, 0.2) is 11.4 Å². The van der Waals surface area contributed by atoms with Crippen molar-refractivity contribution < 1.29 is 9.53 Å². The molecule has 1 amide bonds. The van der Waals surface area contributed by atoms with Crippen LogP contribution in [-0.2, 0) is 11.2 Å². The van der Waals surface area contributed by atoms with E-state index < -0.39 is 5.60 Å². The number of amides is 1. The summed E-state index contributed by atoms with van der Waals surface area (Å²) in [6.45, 7) is 11.2. The minimum Gasteiger partial charge on any atom is -0.444 e. The average Bonchev–Trinajstić information content (AvgIpc) is 2.90. The highest BCUT2D eigenvalue weighted by Crippen LogP contribution is 2.33. The zero-order valence-corrected chi connectivity index (χ0v) is 15.8. The molecule has 0 spiro atoms. The van der Waals surface area contributed by atoms with E-state index in [4.69, 9.17) is 4.74 Å². The Kier molecular flexibility index (Phi) is 6.09. The lowest BCUT2D eigenvalue weighted by Gasteiger charge is -2.31. The van der Waals surface area contributed by atoms with Gasteiger partial charge in [0.1, 0.15) is 5.60 Å². The highest BCUT2D eigenvalue weighted by Gasteiger charge is 2.25. The number of thiophene rings is 1. The standard InChI is InChI=1S/C18H30N2O2S/c1-13(2)20(17(21)22-18(3,4)5)11-10-19-15-7-6-8-16-14(15)9-12-23-16/h9,12-13,15,19H,6-8,10-11H2,1-5H3. The largest absolute Gasteiger partial charge is 0.444 e. The summed E-state index contributed by atoms with van der Waals surface area (Å²) >= 11 is 1.86. The molecule has 1 aromatic heterocycles. The number of ether oxygens (including phenoxy) is 1. The van der Waals surface area contributed by atoms with Gasteiger partial charge in [-0.15, -0.1) is 11.3 Å². The number of rotatable bonds is 5. The molecule has 1 aromatic rings. The predicted molar refractivity (Wildman–Crippen MR) is 96.1 cm³/mol. The quantitative estimate of drug-likeness (QED) is 0.867. The van der Waals surface area contributed by atoms with Gasteiger partial charge in [0.2, 0.25) is 0 Å². The zero-order chi connectivity index (χ0) is 17.0. The summed E-state index contributed by atoms with van der Waals surface area (Å²) < 4.78 is 5.51. The number of carbonyl (C=O) groups is 1. The van der Waals surface area contributed by atoms with Gasteiger partial charge in [-0.25, -0.2) is 4.79 Å². The van der Waals surface area contributed by atoms with Crippen LogP contribution in [0.3, 0.4) is 0 Å².